The summed E-state index contributed by atoms with van der Waals surface area (Å²) in [6.45, 7) is 3.31. The molecule has 0 spiro atoms. The van der Waals surface area contributed by atoms with Gasteiger partial charge in [0.2, 0.25) is 0 Å². The predicted octanol–water partition coefficient (Wildman–Crippen LogP) is 9.32. The Morgan fingerprint density at radius 3 is 1.77 bits per heavy atom. The third kappa shape index (κ3) is 9.14. The summed E-state index contributed by atoms with van der Waals surface area (Å²) in [7, 11) is 0. The molecule has 2 atom stereocenters. The van der Waals surface area contributed by atoms with Crippen molar-refractivity contribution < 1.29 is 13.5 Å². The van der Waals surface area contributed by atoms with E-state index in [-0.39, 0.29) is 0 Å². The van der Waals surface area contributed by atoms with Crippen molar-refractivity contribution in [3.63, 3.8) is 0 Å². The molecule has 1 saturated heterocycles. The molecule has 2 aliphatic carbocycles. The van der Waals surface area contributed by atoms with Crippen LogP contribution in [0.2, 0.25) is 0 Å². The van der Waals surface area contributed by atoms with Crippen LogP contribution in [0.1, 0.15) is 122 Å². The van der Waals surface area contributed by atoms with Crippen molar-refractivity contribution in [1.82, 2.24) is 0 Å². The molecule has 1 heterocycles. The highest BCUT2D eigenvalue weighted by Crippen LogP contribution is 2.39. The molecule has 0 aromatic carbocycles. The van der Waals surface area contributed by atoms with Gasteiger partial charge in [0.25, 0.3) is 6.08 Å². The van der Waals surface area contributed by atoms with E-state index in [0.29, 0.717) is 18.4 Å². The molecule has 3 heteroatoms. The summed E-state index contributed by atoms with van der Waals surface area (Å²) in [5.41, 5.74) is 0. The zero-order valence-electron chi connectivity index (χ0n) is 20.1. The molecule has 0 N–H and O–H groups in total. The van der Waals surface area contributed by atoms with Gasteiger partial charge in [-0.05, 0) is 80.6 Å². The summed E-state index contributed by atoms with van der Waals surface area (Å²) in [6.07, 6.45) is 23.5. The second kappa shape index (κ2) is 14.0. The van der Waals surface area contributed by atoms with E-state index < -0.39 is 6.08 Å². The van der Waals surface area contributed by atoms with Crippen molar-refractivity contribution in [2.24, 2.45) is 29.6 Å². The third-order valence-corrected chi connectivity index (χ3v) is 8.83. The molecule has 1 nitrogen and oxygen atoms in total. The monoisotopic (exact) mass is 438 g/mol. The number of ether oxygens (including phenoxy) is 1. The maximum Gasteiger partial charge on any atom is 0.266 e. The molecule has 0 bridgehead atoms. The average Bonchev–Trinajstić information content (AvgIpc) is 2.79. The van der Waals surface area contributed by atoms with Crippen LogP contribution in [0.3, 0.4) is 0 Å². The lowest BCUT2D eigenvalue weighted by Crippen LogP contribution is -2.34. The minimum Gasteiger partial charge on any atom is -0.378 e. The van der Waals surface area contributed by atoms with Gasteiger partial charge in [-0.25, -0.2) is 0 Å². The predicted molar refractivity (Wildman–Crippen MR) is 126 cm³/mol. The van der Waals surface area contributed by atoms with Gasteiger partial charge in [0, 0.05) is 6.61 Å². The normalized spacial score (nSPS) is 34.4. The first-order valence-electron chi connectivity index (χ1n) is 13.8. The van der Waals surface area contributed by atoms with E-state index in [0.717, 1.165) is 42.8 Å². The van der Waals surface area contributed by atoms with Gasteiger partial charge in [-0.3, -0.25) is 0 Å². The Bertz CT molecular complexity index is 491. The van der Waals surface area contributed by atoms with E-state index >= 15 is 0 Å². The van der Waals surface area contributed by atoms with Crippen LogP contribution in [0.25, 0.3) is 0 Å². The zero-order valence-corrected chi connectivity index (χ0v) is 20.1. The molecule has 180 valence electrons. The Hall–Kier alpha value is -0.440. The molecule has 0 radical (unpaired) electrons. The van der Waals surface area contributed by atoms with Gasteiger partial charge in [0.15, 0.2) is 0 Å². The van der Waals surface area contributed by atoms with Crippen LogP contribution in [0.4, 0.5) is 8.78 Å². The first-order chi connectivity index (χ1) is 15.1. The Balaban J connectivity index is 1.19. The number of allylic oxidation sites excluding steroid dienone is 1. The SMILES string of the molecule is CCCC1CCC(C2CCC(CCCCC3CCC(CCC=C(F)F)CC3)CC2)OC1. The minimum atomic E-state index is -1.51. The molecule has 2 saturated carbocycles. The third-order valence-electron chi connectivity index (χ3n) is 8.83. The van der Waals surface area contributed by atoms with Crippen molar-refractivity contribution in [2.45, 2.75) is 129 Å². The Morgan fingerprint density at radius 1 is 0.710 bits per heavy atom. The van der Waals surface area contributed by atoms with E-state index in [9.17, 15) is 8.78 Å². The fourth-order valence-corrected chi connectivity index (χ4v) is 6.79. The Morgan fingerprint density at radius 2 is 1.26 bits per heavy atom. The molecule has 0 aromatic heterocycles. The quantitative estimate of drug-likeness (QED) is 0.292. The largest absolute Gasteiger partial charge is 0.378 e. The fourth-order valence-electron chi connectivity index (χ4n) is 6.79. The van der Waals surface area contributed by atoms with Crippen molar-refractivity contribution in [3.05, 3.63) is 12.2 Å². The molecule has 0 aromatic rings. The first-order valence-corrected chi connectivity index (χ1v) is 13.8. The van der Waals surface area contributed by atoms with E-state index in [1.165, 1.54) is 103 Å². The van der Waals surface area contributed by atoms with Gasteiger partial charge < -0.3 is 4.74 Å². The molecule has 1 aliphatic heterocycles. The van der Waals surface area contributed by atoms with Crippen LogP contribution >= 0.6 is 0 Å². The number of halogens is 2. The lowest BCUT2D eigenvalue weighted by atomic mass is 9.75. The van der Waals surface area contributed by atoms with E-state index in [4.69, 9.17) is 4.74 Å². The smallest absolute Gasteiger partial charge is 0.266 e. The molecular weight excluding hydrogens is 390 g/mol. The highest BCUT2D eigenvalue weighted by molar-refractivity contribution is 4.83. The molecule has 3 rings (SSSR count). The summed E-state index contributed by atoms with van der Waals surface area (Å²) in [6, 6.07) is 0. The van der Waals surface area contributed by atoms with Crippen LogP contribution in [0.15, 0.2) is 12.2 Å². The topological polar surface area (TPSA) is 9.23 Å². The van der Waals surface area contributed by atoms with E-state index in [1.54, 1.807) is 0 Å². The summed E-state index contributed by atoms with van der Waals surface area (Å²) in [5, 5.41) is 0. The number of rotatable bonds is 11. The highest BCUT2D eigenvalue weighted by atomic mass is 19.3. The van der Waals surface area contributed by atoms with Crippen molar-refractivity contribution >= 4 is 0 Å². The van der Waals surface area contributed by atoms with Gasteiger partial charge in [0.05, 0.1) is 6.10 Å². The van der Waals surface area contributed by atoms with Crippen molar-refractivity contribution in [2.75, 3.05) is 6.61 Å². The van der Waals surface area contributed by atoms with Gasteiger partial charge in [-0.1, -0.05) is 77.6 Å². The lowest BCUT2D eigenvalue weighted by molar-refractivity contribution is -0.0596. The Labute approximate surface area is 190 Å². The fraction of sp³-hybridized carbons (Fsp3) is 0.929. The van der Waals surface area contributed by atoms with Crippen molar-refractivity contribution in [1.29, 1.82) is 0 Å². The van der Waals surface area contributed by atoms with Gasteiger partial charge in [0.1, 0.15) is 0 Å². The number of hydrogen-bond acceptors (Lipinski definition) is 1. The first kappa shape index (κ1) is 25.2. The van der Waals surface area contributed by atoms with Crippen LogP contribution in [0.5, 0.6) is 0 Å². The zero-order chi connectivity index (χ0) is 21.9. The molecule has 0 amide bonds. The summed E-state index contributed by atoms with van der Waals surface area (Å²) < 4.78 is 30.6. The highest BCUT2D eigenvalue weighted by Gasteiger charge is 2.31. The van der Waals surface area contributed by atoms with Gasteiger partial charge in [-0.2, -0.15) is 8.78 Å². The minimum absolute atomic E-state index is 0.562. The standard InChI is InChI=1S/C28H48F2O/c1-2-6-25-17-20-27(31-21-25)26-18-15-23(16-19-26)8-4-3-7-22-11-13-24(14-12-22)9-5-10-28(29)30/h10,22-27H,2-9,11-21H2,1H3. The van der Waals surface area contributed by atoms with E-state index in [2.05, 4.69) is 6.92 Å². The summed E-state index contributed by atoms with van der Waals surface area (Å²) in [4.78, 5) is 0. The maximum absolute atomic E-state index is 12.2. The van der Waals surface area contributed by atoms with Crippen molar-refractivity contribution in [3.8, 4) is 0 Å². The van der Waals surface area contributed by atoms with Gasteiger partial charge >= 0.3 is 0 Å². The Kier molecular flexibility index (Phi) is 11.3. The average molecular weight is 439 g/mol. The van der Waals surface area contributed by atoms with Gasteiger partial charge in [-0.15, -0.1) is 0 Å². The maximum atomic E-state index is 12.2. The number of hydrogen-bond donors (Lipinski definition) is 0. The van der Waals surface area contributed by atoms with Crippen LogP contribution in [-0.2, 0) is 4.74 Å². The molecule has 3 aliphatic rings. The molecule has 31 heavy (non-hydrogen) atoms. The molecular formula is C28H48F2O. The van der Waals surface area contributed by atoms with E-state index in [1.807, 2.05) is 0 Å². The molecule has 2 unspecified atom stereocenters. The summed E-state index contributed by atoms with van der Waals surface area (Å²) >= 11 is 0. The second-order valence-electron chi connectivity index (χ2n) is 11.1. The van der Waals surface area contributed by atoms with Crippen LogP contribution in [-0.4, -0.2) is 12.7 Å². The second-order valence-corrected chi connectivity index (χ2v) is 11.1. The van der Waals surface area contributed by atoms with Crippen LogP contribution in [0, 0.1) is 29.6 Å². The lowest BCUT2D eigenvalue weighted by Gasteiger charge is -2.38. The number of unbranched alkanes of at least 4 members (excludes halogenated alkanes) is 1. The molecule has 3 fully saturated rings. The summed E-state index contributed by atoms with van der Waals surface area (Å²) in [5.74, 6) is 4.22. The van der Waals surface area contributed by atoms with Crippen LogP contribution < -0.4 is 0 Å².